The number of hydrogen-bond acceptors (Lipinski definition) is 8. The molecule has 0 unspecified atom stereocenters. The lowest BCUT2D eigenvalue weighted by Crippen LogP contribution is -2.43. The van der Waals surface area contributed by atoms with Gasteiger partial charge in [0.2, 0.25) is 21.8 Å². The fourth-order valence-corrected chi connectivity index (χ4v) is 5.24. The Morgan fingerprint density at radius 3 is 2.66 bits per heavy atom. The van der Waals surface area contributed by atoms with Gasteiger partial charge in [0.05, 0.1) is 24.0 Å². The summed E-state index contributed by atoms with van der Waals surface area (Å²) in [5.41, 5.74) is 6.05. The number of sulfonamides is 1. The SMILES string of the molecule is CCCCS(=O)(=O)N1CCC(Nc2ncc(C(=O)c3cc(F)ccc3OC)c(N)n2)CC1. The van der Waals surface area contributed by atoms with Gasteiger partial charge in [-0.15, -0.1) is 0 Å². The number of unbranched alkanes of at least 4 members (excludes halogenated alkanes) is 1. The number of carbonyl (C=O) groups excluding carboxylic acids is 1. The number of ether oxygens (including phenoxy) is 1. The van der Waals surface area contributed by atoms with Crippen LogP contribution in [0.4, 0.5) is 16.2 Å². The van der Waals surface area contributed by atoms with Gasteiger partial charge in [-0.1, -0.05) is 13.3 Å². The van der Waals surface area contributed by atoms with Crippen LogP contribution < -0.4 is 15.8 Å². The monoisotopic (exact) mass is 465 g/mol. The first-order valence-electron chi connectivity index (χ1n) is 10.5. The third-order valence-electron chi connectivity index (χ3n) is 5.41. The van der Waals surface area contributed by atoms with Crippen molar-refractivity contribution in [2.45, 2.75) is 38.6 Å². The van der Waals surface area contributed by atoms with Gasteiger partial charge in [-0.3, -0.25) is 4.79 Å². The van der Waals surface area contributed by atoms with E-state index in [1.807, 2.05) is 6.92 Å². The molecule has 0 bridgehead atoms. The third kappa shape index (κ3) is 5.52. The number of benzene rings is 1. The number of piperidine rings is 1. The van der Waals surface area contributed by atoms with Crippen LogP contribution in [0, 0.1) is 5.82 Å². The smallest absolute Gasteiger partial charge is 0.224 e. The number of aromatic nitrogens is 2. The number of nitrogen functional groups attached to an aromatic ring is 1. The number of ketones is 1. The zero-order valence-electron chi connectivity index (χ0n) is 18.2. The van der Waals surface area contributed by atoms with Gasteiger partial charge in [0, 0.05) is 25.3 Å². The number of nitrogens with one attached hydrogen (secondary N) is 1. The Morgan fingerprint density at radius 1 is 1.31 bits per heavy atom. The number of hydrogen-bond donors (Lipinski definition) is 2. The normalized spacial score (nSPS) is 15.5. The van der Waals surface area contributed by atoms with Gasteiger partial charge in [-0.05, 0) is 37.5 Å². The van der Waals surface area contributed by atoms with E-state index in [4.69, 9.17) is 10.5 Å². The lowest BCUT2D eigenvalue weighted by Gasteiger charge is -2.31. The molecule has 2 aromatic rings. The van der Waals surface area contributed by atoms with Crippen LogP contribution >= 0.6 is 0 Å². The Bertz CT molecular complexity index is 1070. The van der Waals surface area contributed by atoms with Gasteiger partial charge in [-0.25, -0.2) is 22.1 Å². The standard InChI is InChI=1S/C21H28FN5O4S/c1-3-4-11-32(29,30)27-9-7-15(8-10-27)25-21-24-13-17(20(23)26-21)19(28)16-12-14(22)5-6-18(16)31-2/h5-6,12-13,15H,3-4,7-11H2,1-2H3,(H3,23,24,25,26). The Balaban J connectivity index is 1.66. The van der Waals surface area contributed by atoms with E-state index < -0.39 is 21.6 Å². The molecule has 0 atom stereocenters. The molecule has 1 aliphatic heterocycles. The zero-order valence-corrected chi connectivity index (χ0v) is 19.0. The van der Waals surface area contributed by atoms with Crippen LogP contribution in [0.15, 0.2) is 24.4 Å². The molecule has 9 nitrogen and oxygen atoms in total. The van der Waals surface area contributed by atoms with E-state index in [2.05, 4.69) is 15.3 Å². The summed E-state index contributed by atoms with van der Waals surface area (Å²) < 4.78 is 45.0. The molecule has 1 aromatic heterocycles. The lowest BCUT2D eigenvalue weighted by molar-refractivity contribution is 0.103. The van der Waals surface area contributed by atoms with Crippen LogP contribution in [0.1, 0.15) is 48.5 Å². The maximum absolute atomic E-state index is 13.6. The highest BCUT2D eigenvalue weighted by Gasteiger charge is 2.28. The molecule has 0 saturated carbocycles. The molecule has 2 heterocycles. The van der Waals surface area contributed by atoms with Crippen molar-refractivity contribution in [3.8, 4) is 5.75 Å². The zero-order chi connectivity index (χ0) is 23.3. The highest BCUT2D eigenvalue weighted by atomic mass is 32.2. The number of nitrogens with zero attached hydrogens (tertiary/aromatic N) is 3. The van der Waals surface area contributed by atoms with Crippen LogP contribution in [-0.4, -0.2) is 60.5 Å². The van der Waals surface area contributed by atoms with Crippen LogP contribution in [0.25, 0.3) is 0 Å². The predicted molar refractivity (Wildman–Crippen MR) is 120 cm³/mol. The molecule has 0 amide bonds. The van der Waals surface area contributed by atoms with E-state index in [0.717, 1.165) is 12.5 Å². The highest BCUT2D eigenvalue weighted by molar-refractivity contribution is 7.89. The average molecular weight is 466 g/mol. The molecular formula is C21H28FN5O4S. The molecule has 1 saturated heterocycles. The van der Waals surface area contributed by atoms with Gasteiger partial charge in [-0.2, -0.15) is 4.98 Å². The van der Waals surface area contributed by atoms with E-state index in [1.54, 1.807) is 0 Å². The Morgan fingerprint density at radius 2 is 2.03 bits per heavy atom. The summed E-state index contributed by atoms with van der Waals surface area (Å²) in [6.45, 7) is 2.81. The van der Waals surface area contributed by atoms with Crippen molar-refractivity contribution < 1.29 is 22.3 Å². The molecule has 1 aliphatic rings. The Hall–Kier alpha value is -2.79. The van der Waals surface area contributed by atoms with Crippen molar-refractivity contribution in [2.24, 2.45) is 0 Å². The van der Waals surface area contributed by atoms with Crippen LogP contribution in [0.2, 0.25) is 0 Å². The largest absolute Gasteiger partial charge is 0.496 e. The van der Waals surface area contributed by atoms with Crippen molar-refractivity contribution in [1.82, 2.24) is 14.3 Å². The van der Waals surface area contributed by atoms with Crippen LogP contribution in [0.5, 0.6) is 5.75 Å². The molecule has 0 radical (unpaired) electrons. The van der Waals surface area contributed by atoms with Crippen molar-refractivity contribution in [1.29, 1.82) is 0 Å². The topological polar surface area (TPSA) is 128 Å². The molecule has 0 spiro atoms. The maximum Gasteiger partial charge on any atom is 0.224 e. The second-order valence-corrected chi connectivity index (χ2v) is 9.74. The average Bonchev–Trinajstić information content (AvgIpc) is 2.78. The summed E-state index contributed by atoms with van der Waals surface area (Å²) in [5.74, 6) is -0.520. The Kier molecular flexibility index (Phi) is 7.62. The van der Waals surface area contributed by atoms with Crippen LogP contribution in [0.3, 0.4) is 0 Å². The number of halogens is 1. The van der Waals surface area contributed by atoms with Crippen molar-refractivity contribution in [3.63, 3.8) is 0 Å². The second-order valence-electron chi connectivity index (χ2n) is 7.65. The fourth-order valence-electron chi connectivity index (χ4n) is 3.56. The van der Waals surface area contributed by atoms with Gasteiger partial charge in [0.15, 0.2) is 0 Å². The summed E-state index contributed by atoms with van der Waals surface area (Å²) in [5, 5.41) is 3.15. The molecule has 1 aromatic carbocycles. The molecule has 1 fully saturated rings. The van der Waals surface area contributed by atoms with E-state index >= 15 is 0 Å². The molecule has 174 valence electrons. The number of nitrogens with two attached hydrogens (primary N) is 1. The van der Waals surface area contributed by atoms with Gasteiger partial charge < -0.3 is 15.8 Å². The Labute approximate surface area is 187 Å². The molecule has 32 heavy (non-hydrogen) atoms. The lowest BCUT2D eigenvalue weighted by atomic mass is 10.0. The fraction of sp³-hybridized carbons (Fsp3) is 0.476. The minimum atomic E-state index is -3.22. The van der Waals surface area contributed by atoms with E-state index in [1.165, 1.54) is 29.7 Å². The maximum atomic E-state index is 13.6. The summed E-state index contributed by atoms with van der Waals surface area (Å²) in [4.78, 5) is 21.2. The molecular weight excluding hydrogens is 437 g/mol. The second kappa shape index (κ2) is 10.2. The first kappa shape index (κ1) is 23.9. The quantitative estimate of drug-likeness (QED) is 0.541. The van der Waals surface area contributed by atoms with Gasteiger partial charge in [0.1, 0.15) is 17.4 Å². The van der Waals surface area contributed by atoms with E-state index in [9.17, 15) is 17.6 Å². The van der Waals surface area contributed by atoms with Crippen molar-refractivity contribution in [3.05, 3.63) is 41.3 Å². The van der Waals surface area contributed by atoms with Gasteiger partial charge >= 0.3 is 0 Å². The van der Waals surface area contributed by atoms with Crippen LogP contribution in [-0.2, 0) is 10.0 Å². The minimum absolute atomic E-state index is 0.0168. The number of rotatable bonds is 9. The summed E-state index contributed by atoms with van der Waals surface area (Å²) in [7, 11) is -1.83. The number of carbonyl (C=O) groups is 1. The first-order chi connectivity index (χ1) is 15.2. The minimum Gasteiger partial charge on any atom is -0.496 e. The summed E-state index contributed by atoms with van der Waals surface area (Å²) in [6, 6.07) is 3.62. The summed E-state index contributed by atoms with van der Waals surface area (Å²) >= 11 is 0. The van der Waals surface area contributed by atoms with Gasteiger partial charge in [0.25, 0.3) is 0 Å². The molecule has 3 N–H and O–H groups in total. The third-order valence-corrected chi connectivity index (χ3v) is 7.36. The molecule has 11 heteroatoms. The van der Waals surface area contributed by atoms with E-state index in [0.29, 0.717) is 32.4 Å². The van der Waals surface area contributed by atoms with E-state index in [-0.39, 0.29) is 40.4 Å². The highest BCUT2D eigenvalue weighted by Crippen LogP contribution is 2.25. The number of anilines is 2. The number of methoxy groups -OCH3 is 1. The molecule has 3 rings (SSSR count). The van der Waals surface area contributed by atoms with Crippen molar-refractivity contribution >= 4 is 27.6 Å². The van der Waals surface area contributed by atoms with Crippen molar-refractivity contribution in [2.75, 3.05) is 37.0 Å². The molecule has 0 aliphatic carbocycles. The summed E-state index contributed by atoms with van der Waals surface area (Å²) in [6.07, 6.45) is 3.99. The first-order valence-corrected chi connectivity index (χ1v) is 12.1. The predicted octanol–water partition coefficient (Wildman–Crippen LogP) is 2.44.